The molecule has 0 amide bonds. The highest BCUT2D eigenvalue weighted by Gasteiger charge is 2.15. The molecular formula is C10H10N2O4S. The second-order valence-electron chi connectivity index (χ2n) is 3.72. The minimum atomic E-state index is -0.999. The van der Waals surface area contributed by atoms with E-state index in [4.69, 9.17) is 5.11 Å². The number of aryl methyl sites for hydroxylation is 1. The summed E-state index contributed by atoms with van der Waals surface area (Å²) in [5.41, 5.74) is -0.402. The molecule has 2 aromatic heterocycles. The Kier molecular flexibility index (Phi) is 2.62. The summed E-state index contributed by atoms with van der Waals surface area (Å²) in [5, 5.41) is 10.7. The summed E-state index contributed by atoms with van der Waals surface area (Å²) in [6.07, 6.45) is -0.215. The molecular weight excluding hydrogens is 244 g/mol. The first kappa shape index (κ1) is 11.6. The number of hydrogen-bond donors (Lipinski definition) is 1. The van der Waals surface area contributed by atoms with Gasteiger partial charge in [-0.3, -0.25) is 18.7 Å². The summed E-state index contributed by atoms with van der Waals surface area (Å²) in [6.45, 7) is 0. The van der Waals surface area contributed by atoms with Crippen LogP contribution in [-0.4, -0.2) is 20.2 Å². The fraction of sp³-hybridized carbons (Fsp3) is 0.300. The molecule has 7 heteroatoms. The Balaban J connectivity index is 2.90. The standard InChI is InChI=1S/C10H10N2O4S/c1-11-8(15)7-5(3-6(13)14)4-17-9(7)12(2)10(11)16/h4H,3H2,1-2H3,(H,13,14). The Morgan fingerprint density at radius 1 is 1.35 bits per heavy atom. The summed E-state index contributed by atoms with van der Waals surface area (Å²) in [6, 6.07) is 0. The van der Waals surface area contributed by atoms with E-state index < -0.39 is 17.2 Å². The maximum atomic E-state index is 11.9. The van der Waals surface area contributed by atoms with E-state index in [1.807, 2.05) is 0 Å². The van der Waals surface area contributed by atoms with E-state index in [0.717, 1.165) is 4.57 Å². The smallest absolute Gasteiger partial charge is 0.331 e. The maximum Gasteiger partial charge on any atom is 0.331 e. The van der Waals surface area contributed by atoms with Crippen LogP contribution in [0.3, 0.4) is 0 Å². The average Bonchev–Trinajstić information content (AvgIpc) is 2.66. The van der Waals surface area contributed by atoms with Crippen LogP contribution in [0.2, 0.25) is 0 Å². The summed E-state index contributed by atoms with van der Waals surface area (Å²) in [7, 11) is 2.94. The van der Waals surface area contributed by atoms with Gasteiger partial charge in [0.2, 0.25) is 0 Å². The van der Waals surface area contributed by atoms with E-state index in [0.29, 0.717) is 15.8 Å². The quantitative estimate of drug-likeness (QED) is 0.813. The second kappa shape index (κ2) is 3.85. The molecule has 0 fully saturated rings. The molecule has 0 atom stereocenters. The van der Waals surface area contributed by atoms with Crippen molar-refractivity contribution < 1.29 is 9.90 Å². The zero-order chi connectivity index (χ0) is 12.7. The predicted octanol–water partition coefficient (Wildman–Crippen LogP) is -0.0742. The molecule has 0 radical (unpaired) electrons. The van der Waals surface area contributed by atoms with Crippen molar-refractivity contribution in [2.45, 2.75) is 6.42 Å². The Labute approximate surface area is 99.4 Å². The van der Waals surface area contributed by atoms with E-state index in [-0.39, 0.29) is 6.42 Å². The Morgan fingerprint density at radius 2 is 2.00 bits per heavy atom. The summed E-state index contributed by atoms with van der Waals surface area (Å²) >= 11 is 1.21. The largest absolute Gasteiger partial charge is 0.481 e. The molecule has 0 aromatic carbocycles. The molecule has 2 heterocycles. The predicted molar refractivity (Wildman–Crippen MR) is 63.6 cm³/mol. The van der Waals surface area contributed by atoms with Crippen molar-refractivity contribution in [2.24, 2.45) is 14.1 Å². The number of carboxylic acids is 1. The van der Waals surface area contributed by atoms with E-state index >= 15 is 0 Å². The molecule has 2 rings (SSSR count). The molecule has 0 aliphatic rings. The highest BCUT2D eigenvalue weighted by Crippen LogP contribution is 2.21. The molecule has 0 unspecified atom stereocenters. The van der Waals surface area contributed by atoms with Crippen LogP contribution >= 0.6 is 11.3 Å². The van der Waals surface area contributed by atoms with Gasteiger partial charge in [0.1, 0.15) is 4.83 Å². The van der Waals surface area contributed by atoms with Crippen molar-refractivity contribution in [2.75, 3.05) is 0 Å². The van der Waals surface area contributed by atoms with Gasteiger partial charge >= 0.3 is 11.7 Å². The fourth-order valence-corrected chi connectivity index (χ4v) is 2.74. The minimum Gasteiger partial charge on any atom is -0.481 e. The molecule has 17 heavy (non-hydrogen) atoms. The second-order valence-corrected chi connectivity index (χ2v) is 4.58. The zero-order valence-electron chi connectivity index (χ0n) is 9.26. The van der Waals surface area contributed by atoms with E-state index in [9.17, 15) is 14.4 Å². The fourth-order valence-electron chi connectivity index (χ4n) is 1.72. The molecule has 0 bridgehead atoms. The van der Waals surface area contributed by atoms with Gasteiger partial charge in [0, 0.05) is 14.1 Å². The first-order chi connectivity index (χ1) is 7.93. The third-order valence-electron chi connectivity index (χ3n) is 2.59. The Bertz CT molecular complexity index is 722. The number of fused-ring (bicyclic) bond motifs is 1. The van der Waals surface area contributed by atoms with Gasteiger partial charge in [0.05, 0.1) is 11.8 Å². The summed E-state index contributed by atoms with van der Waals surface area (Å²) < 4.78 is 2.34. The molecule has 0 saturated heterocycles. The number of hydrogen-bond acceptors (Lipinski definition) is 4. The van der Waals surface area contributed by atoms with Crippen LogP contribution in [0.5, 0.6) is 0 Å². The molecule has 0 aliphatic carbocycles. The van der Waals surface area contributed by atoms with E-state index in [2.05, 4.69) is 0 Å². The van der Waals surface area contributed by atoms with E-state index in [1.165, 1.54) is 23.0 Å². The average molecular weight is 254 g/mol. The molecule has 0 saturated carbocycles. The van der Waals surface area contributed by atoms with Crippen LogP contribution in [0.1, 0.15) is 5.56 Å². The lowest BCUT2D eigenvalue weighted by Gasteiger charge is -2.03. The lowest BCUT2D eigenvalue weighted by Crippen LogP contribution is -2.36. The van der Waals surface area contributed by atoms with E-state index in [1.54, 1.807) is 12.4 Å². The maximum absolute atomic E-state index is 11.9. The number of carbonyl (C=O) groups is 1. The van der Waals surface area contributed by atoms with Crippen LogP contribution in [0.15, 0.2) is 15.0 Å². The van der Waals surface area contributed by atoms with Crippen molar-refractivity contribution in [1.29, 1.82) is 0 Å². The van der Waals surface area contributed by atoms with Crippen LogP contribution in [0, 0.1) is 0 Å². The minimum absolute atomic E-state index is 0.215. The normalized spacial score (nSPS) is 10.9. The van der Waals surface area contributed by atoms with Crippen molar-refractivity contribution in [1.82, 2.24) is 9.13 Å². The first-order valence-electron chi connectivity index (χ1n) is 4.81. The lowest BCUT2D eigenvalue weighted by molar-refractivity contribution is -0.136. The monoisotopic (exact) mass is 254 g/mol. The molecule has 6 nitrogen and oxygen atoms in total. The van der Waals surface area contributed by atoms with Gasteiger partial charge < -0.3 is 5.11 Å². The van der Waals surface area contributed by atoms with Crippen molar-refractivity contribution in [3.8, 4) is 0 Å². The third kappa shape index (κ3) is 1.68. The topological polar surface area (TPSA) is 81.3 Å². The van der Waals surface area contributed by atoms with Gasteiger partial charge in [-0.2, -0.15) is 0 Å². The lowest BCUT2D eigenvalue weighted by atomic mass is 10.2. The SMILES string of the molecule is Cn1c(=O)c2c(CC(=O)O)csc2n(C)c1=O. The zero-order valence-corrected chi connectivity index (χ0v) is 10.1. The van der Waals surface area contributed by atoms with Crippen molar-refractivity contribution >= 4 is 27.5 Å². The highest BCUT2D eigenvalue weighted by molar-refractivity contribution is 7.17. The van der Waals surface area contributed by atoms with Gasteiger partial charge in [-0.25, -0.2) is 4.79 Å². The van der Waals surface area contributed by atoms with Crippen LogP contribution in [0.4, 0.5) is 0 Å². The summed E-state index contributed by atoms with van der Waals surface area (Å²) in [4.78, 5) is 34.8. The van der Waals surface area contributed by atoms with Gasteiger partial charge in [-0.05, 0) is 10.9 Å². The molecule has 0 aliphatic heterocycles. The van der Waals surface area contributed by atoms with Crippen molar-refractivity contribution in [3.05, 3.63) is 31.8 Å². The van der Waals surface area contributed by atoms with Gasteiger partial charge in [0.25, 0.3) is 5.56 Å². The Hall–Kier alpha value is -1.89. The highest BCUT2D eigenvalue weighted by atomic mass is 32.1. The van der Waals surface area contributed by atoms with Crippen LogP contribution in [-0.2, 0) is 25.3 Å². The third-order valence-corrected chi connectivity index (χ3v) is 3.69. The first-order valence-corrected chi connectivity index (χ1v) is 5.69. The van der Waals surface area contributed by atoms with Crippen LogP contribution in [0.25, 0.3) is 10.2 Å². The molecule has 1 N–H and O–H groups in total. The molecule has 90 valence electrons. The number of aromatic nitrogens is 2. The van der Waals surface area contributed by atoms with Gasteiger partial charge in [0.15, 0.2) is 0 Å². The van der Waals surface area contributed by atoms with Crippen LogP contribution < -0.4 is 11.2 Å². The number of nitrogens with zero attached hydrogens (tertiary/aromatic N) is 2. The molecule has 0 spiro atoms. The number of aliphatic carboxylic acids is 1. The van der Waals surface area contributed by atoms with Gasteiger partial charge in [-0.1, -0.05) is 0 Å². The number of rotatable bonds is 2. The number of thiophene rings is 1. The molecule has 2 aromatic rings. The van der Waals surface area contributed by atoms with Crippen molar-refractivity contribution in [3.63, 3.8) is 0 Å². The number of carboxylic acid groups (broad SMARTS) is 1. The van der Waals surface area contributed by atoms with Gasteiger partial charge in [-0.15, -0.1) is 11.3 Å². The Morgan fingerprint density at radius 3 is 2.59 bits per heavy atom. The summed E-state index contributed by atoms with van der Waals surface area (Å²) in [5.74, 6) is -0.999.